The van der Waals surface area contributed by atoms with Gasteiger partial charge in [-0.05, 0) is 67.3 Å². The standard InChI is InChI=1S/C28H29F2NOS3/c29-22-11-7-15-25(17-22)33-28(34-26-16-8-12-23(30)18-26)19-27(31-35-24-13-5-2-6-14-24)32-20-21-9-3-1-4-10-21/h2,5-8,11-18,21,28H,1,3-4,9-10,19-20H2/b31-27-. The maximum absolute atomic E-state index is 13.9. The molecule has 4 rings (SSSR count). The summed E-state index contributed by atoms with van der Waals surface area (Å²) in [6.45, 7) is 0.663. The number of hydrogen-bond acceptors (Lipinski definition) is 5. The van der Waals surface area contributed by atoms with Crippen LogP contribution in [0.5, 0.6) is 0 Å². The van der Waals surface area contributed by atoms with Crippen LogP contribution in [0.3, 0.4) is 0 Å². The first-order chi connectivity index (χ1) is 17.1. The summed E-state index contributed by atoms with van der Waals surface area (Å²) in [6, 6.07) is 23.1. The van der Waals surface area contributed by atoms with E-state index >= 15 is 0 Å². The Hall–Kier alpha value is -1.96. The van der Waals surface area contributed by atoms with Crippen molar-refractivity contribution >= 4 is 41.4 Å². The molecular formula is C28H29F2NOS3. The maximum Gasteiger partial charge on any atom is 0.197 e. The Balaban J connectivity index is 1.52. The third-order valence-electron chi connectivity index (χ3n) is 5.67. The van der Waals surface area contributed by atoms with Gasteiger partial charge < -0.3 is 4.74 Å². The lowest BCUT2D eigenvalue weighted by Gasteiger charge is -2.23. The van der Waals surface area contributed by atoms with Crippen molar-refractivity contribution < 1.29 is 13.5 Å². The van der Waals surface area contributed by atoms with E-state index < -0.39 is 0 Å². The Morgan fingerprint density at radius 1 is 0.800 bits per heavy atom. The Morgan fingerprint density at radius 2 is 1.40 bits per heavy atom. The molecule has 0 heterocycles. The van der Waals surface area contributed by atoms with Crippen LogP contribution in [0.25, 0.3) is 0 Å². The molecule has 184 valence electrons. The van der Waals surface area contributed by atoms with Gasteiger partial charge in [0, 0.05) is 33.1 Å². The van der Waals surface area contributed by atoms with Crippen LogP contribution in [0.15, 0.2) is 97.9 Å². The normalized spacial score (nSPS) is 14.9. The zero-order chi connectivity index (χ0) is 24.3. The van der Waals surface area contributed by atoms with Gasteiger partial charge in [0.25, 0.3) is 0 Å². The average Bonchev–Trinajstić information content (AvgIpc) is 2.87. The van der Waals surface area contributed by atoms with Gasteiger partial charge in [0.2, 0.25) is 0 Å². The van der Waals surface area contributed by atoms with Gasteiger partial charge in [-0.25, -0.2) is 8.78 Å². The molecule has 0 unspecified atom stereocenters. The Kier molecular flexibility index (Phi) is 10.4. The van der Waals surface area contributed by atoms with Gasteiger partial charge in [0.1, 0.15) is 11.6 Å². The molecule has 0 saturated heterocycles. The molecule has 0 atom stereocenters. The van der Waals surface area contributed by atoms with Crippen LogP contribution >= 0.6 is 35.5 Å². The second-order valence-corrected chi connectivity index (χ2v) is 12.2. The fourth-order valence-electron chi connectivity index (χ4n) is 3.91. The highest BCUT2D eigenvalue weighted by Crippen LogP contribution is 2.39. The van der Waals surface area contributed by atoms with Crippen molar-refractivity contribution in [2.24, 2.45) is 10.3 Å². The second-order valence-electron chi connectivity index (χ2n) is 8.49. The largest absolute Gasteiger partial charge is 0.480 e. The highest BCUT2D eigenvalue weighted by Gasteiger charge is 2.20. The lowest BCUT2D eigenvalue weighted by molar-refractivity contribution is 0.196. The number of halogens is 2. The SMILES string of the molecule is Fc1cccc(SC(C/C(=N/Sc2ccccc2)OCC2CCCCC2)Sc2cccc(F)c2)c1. The van der Waals surface area contributed by atoms with E-state index in [-0.39, 0.29) is 16.2 Å². The summed E-state index contributed by atoms with van der Waals surface area (Å²) in [7, 11) is 0. The Morgan fingerprint density at radius 3 is 2.00 bits per heavy atom. The lowest BCUT2D eigenvalue weighted by atomic mass is 9.90. The first-order valence-corrected chi connectivity index (χ1v) is 14.4. The van der Waals surface area contributed by atoms with Crippen molar-refractivity contribution in [3.8, 4) is 0 Å². The average molecular weight is 530 g/mol. The summed E-state index contributed by atoms with van der Waals surface area (Å²) in [6.07, 6.45) is 6.74. The number of rotatable bonds is 10. The molecule has 7 heteroatoms. The van der Waals surface area contributed by atoms with Gasteiger partial charge in [-0.2, -0.15) is 4.40 Å². The van der Waals surface area contributed by atoms with E-state index in [1.165, 1.54) is 68.3 Å². The minimum absolute atomic E-state index is 0.0694. The zero-order valence-corrected chi connectivity index (χ0v) is 21.9. The zero-order valence-electron chi connectivity index (χ0n) is 19.4. The van der Waals surface area contributed by atoms with Crippen LogP contribution in [-0.4, -0.2) is 17.1 Å². The number of nitrogens with zero attached hydrogens (tertiary/aromatic N) is 1. The maximum atomic E-state index is 13.9. The van der Waals surface area contributed by atoms with Crippen LogP contribution in [0.4, 0.5) is 8.78 Å². The number of thioether (sulfide) groups is 2. The van der Waals surface area contributed by atoms with Gasteiger partial charge in [0.05, 0.1) is 11.2 Å². The smallest absolute Gasteiger partial charge is 0.197 e. The lowest BCUT2D eigenvalue weighted by Crippen LogP contribution is -2.18. The fourth-order valence-corrected chi connectivity index (χ4v) is 7.12. The number of benzene rings is 3. The van der Waals surface area contributed by atoms with Gasteiger partial charge >= 0.3 is 0 Å². The molecule has 0 bridgehead atoms. The second kappa shape index (κ2) is 14.0. The number of hydrogen-bond donors (Lipinski definition) is 0. The van der Waals surface area contributed by atoms with Crippen LogP contribution in [0, 0.1) is 17.6 Å². The van der Waals surface area contributed by atoms with Gasteiger partial charge in [0.15, 0.2) is 5.90 Å². The first kappa shape index (κ1) is 26.1. The summed E-state index contributed by atoms with van der Waals surface area (Å²) < 4.78 is 38.8. The highest BCUT2D eigenvalue weighted by atomic mass is 32.2. The van der Waals surface area contributed by atoms with E-state index in [1.807, 2.05) is 42.5 Å². The van der Waals surface area contributed by atoms with Crippen LogP contribution < -0.4 is 0 Å². The predicted molar refractivity (Wildman–Crippen MR) is 145 cm³/mol. The first-order valence-electron chi connectivity index (χ1n) is 11.9. The molecule has 0 N–H and O–H groups in total. The quantitative estimate of drug-likeness (QED) is 0.0857. The van der Waals surface area contributed by atoms with Gasteiger partial charge in [-0.3, -0.25) is 0 Å². The topological polar surface area (TPSA) is 21.6 Å². The molecule has 0 aromatic heterocycles. The summed E-state index contributed by atoms with van der Waals surface area (Å²) >= 11 is 4.49. The number of ether oxygens (including phenoxy) is 1. The monoisotopic (exact) mass is 529 g/mol. The summed E-state index contributed by atoms with van der Waals surface area (Å²) in [5, 5.41) is 0. The van der Waals surface area contributed by atoms with E-state index in [0.29, 0.717) is 24.8 Å². The van der Waals surface area contributed by atoms with E-state index in [9.17, 15) is 8.78 Å². The molecular weight excluding hydrogens is 501 g/mol. The van der Waals surface area contributed by atoms with Crippen molar-refractivity contribution in [2.75, 3.05) is 6.61 Å². The minimum atomic E-state index is -0.272. The van der Waals surface area contributed by atoms with E-state index in [2.05, 4.69) is 0 Å². The van der Waals surface area contributed by atoms with E-state index in [0.717, 1.165) is 14.7 Å². The highest BCUT2D eigenvalue weighted by molar-refractivity contribution is 8.17. The van der Waals surface area contributed by atoms with E-state index in [4.69, 9.17) is 9.13 Å². The third-order valence-corrected chi connectivity index (χ3v) is 8.94. The van der Waals surface area contributed by atoms with Crippen LogP contribution in [0.1, 0.15) is 38.5 Å². The Labute approximate surface area is 219 Å². The molecule has 1 saturated carbocycles. The molecule has 2 nitrogen and oxygen atoms in total. The van der Waals surface area contributed by atoms with Gasteiger partial charge in [-0.15, -0.1) is 23.5 Å². The van der Waals surface area contributed by atoms with Crippen molar-refractivity contribution in [1.29, 1.82) is 0 Å². The van der Waals surface area contributed by atoms with Crippen molar-refractivity contribution in [3.05, 3.63) is 90.5 Å². The van der Waals surface area contributed by atoms with Crippen LogP contribution in [-0.2, 0) is 4.74 Å². The molecule has 0 amide bonds. The molecule has 1 aliphatic carbocycles. The van der Waals surface area contributed by atoms with Crippen molar-refractivity contribution in [1.82, 2.24) is 0 Å². The molecule has 1 fully saturated rings. The molecule has 1 aliphatic rings. The molecule has 0 spiro atoms. The molecule has 3 aromatic rings. The third kappa shape index (κ3) is 9.21. The summed E-state index contributed by atoms with van der Waals surface area (Å²) in [5.74, 6) is 0.682. The predicted octanol–water partition coefficient (Wildman–Crippen LogP) is 9.27. The van der Waals surface area contributed by atoms with E-state index in [1.54, 1.807) is 35.7 Å². The fraction of sp³-hybridized carbons (Fsp3) is 0.321. The molecule has 3 aromatic carbocycles. The molecule has 0 aliphatic heterocycles. The molecule has 35 heavy (non-hydrogen) atoms. The molecule has 0 radical (unpaired) electrons. The summed E-state index contributed by atoms with van der Waals surface area (Å²) in [4.78, 5) is 2.68. The van der Waals surface area contributed by atoms with Crippen molar-refractivity contribution in [2.45, 2.75) is 57.8 Å². The minimum Gasteiger partial charge on any atom is -0.480 e. The Bertz CT molecular complexity index is 1040. The van der Waals surface area contributed by atoms with Crippen LogP contribution in [0.2, 0.25) is 0 Å². The van der Waals surface area contributed by atoms with Crippen molar-refractivity contribution in [3.63, 3.8) is 0 Å². The van der Waals surface area contributed by atoms with Gasteiger partial charge in [-0.1, -0.05) is 49.6 Å². The summed E-state index contributed by atoms with van der Waals surface area (Å²) in [5.41, 5.74) is 0.